The third-order valence-electron chi connectivity index (χ3n) is 2.55. The molecule has 0 aliphatic rings. The molecule has 0 amide bonds. The first-order valence-electron chi connectivity index (χ1n) is 5.23. The van der Waals surface area contributed by atoms with Crippen molar-refractivity contribution in [1.82, 2.24) is 0 Å². The number of halogens is 1. The Morgan fingerprint density at radius 1 is 0.824 bits per heavy atom. The van der Waals surface area contributed by atoms with Gasteiger partial charge in [0.2, 0.25) is 0 Å². The monoisotopic (exact) mass is 264 g/mol. The predicted octanol–water partition coefficient (Wildman–Crippen LogP) is 4.94. The Morgan fingerprint density at radius 2 is 1.35 bits per heavy atom. The van der Waals surface area contributed by atoms with Crippen LogP contribution in [0, 0.1) is 5.82 Å². The van der Waals surface area contributed by atoms with E-state index < -0.39 is 0 Å². The second-order valence-corrected chi connectivity index (χ2v) is 5.26. The van der Waals surface area contributed by atoms with E-state index in [9.17, 15) is 4.39 Å². The van der Waals surface area contributed by atoms with Gasteiger partial charge in [-0.25, -0.2) is 4.39 Å². The molecule has 2 aromatic carbocycles. The summed E-state index contributed by atoms with van der Waals surface area (Å²) in [6.07, 6.45) is 3.80. The Kier molecular flexibility index (Phi) is 4.13. The molecule has 0 saturated heterocycles. The molecule has 0 aliphatic carbocycles. The zero-order chi connectivity index (χ0) is 12.3. The summed E-state index contributed by atoms with van der Waals surface area (Å²) in [5.41, 5.74) is 2.19. The molecule has 0 N–H and O–H groups in total. The molecule has 3 heteroatoms. The fourth-order valence-electron chi connectivity index (χ4n) is 1.67. The Labute approximate surface area is 110 Å². The molecule has 0 aliphatic heterocycles. The lowest BCUT2D eigenvalue weighted by Gasteiger charge is -2.09. The van der Waals surface area contributed by atoms with Gasteiger partial charge in [0.1, 0.15) is 5.82 Å². The van der Waals surface area contributed by atoms with Crippen molar-refractivity contribution < 1.29 is 4.39 Å². The Balaban J connectivity index is 2.56. The van der Waals surface area contributed by atoms with Gasteiger partial charge in [-0.3, -0.25) is 0 Å². The number of rotatable bonds is 3. The molecule has 0 nitrogen and oxygen atoms in total. The van der Waals surface area contributed by atoms with Crippen molar-refractivity contribution >= 4 is 23.5 Å². The van der Waals surface area contributed by atoms with Gasteiger partial charge >= 0.3 is 0 Å². The minimum atomic E-state index is -0.107. The van der Waals surface area contributed by atoms with E-state index in [-0.39, 0.29) is 5.82 Å². The Morgan fingerprint density at radius 3 is 1.82 bits per heavy atom. The van der Waals surface area contributed by atoms with Gasteiger partial charge < -0.3 is 0 Å². The molecule has 0 fully saturated rings. The number of thioether (sulfide) groups is 2. The standard InChI is InChI=1S/C14H13FS2/c1-16-12-8-11(9-13(17-2)14(12)15)10-6-4-3-5-7-10/h3-9H,1-2H3. The van der Waals surface area contributed by atoms with Crippen LogP contribution in [-0.4, -0.2) is 12.5 Å². The Hall–Kier alpha value is -0.930. The van der Waals surface area contributed by atoms with E-state index in [1.54, 1.807) is 0 Å². The van der Waals surface area contributed by atoms with Crippen molar-refractivity contribution in [2.45, 2.75) is 9.79 Å². The SMILES string of the molecule is CSc1cc(-c2ccccc2)cc(SC)c1F. The van der Waals surface area contributed by atoms with Gasteiger partial charge in [-0.1, -0.05) is 30.3 Å². The van der Waals surface area contributed by atoms with Crippen molar-refractivity contribution in [1.29, 1.82) is 0 Å². The van der Waals surface area contributed by atoms with Gasteiger partial charge in [-0.15, -0.1) is 23.5 Å². The van der Waals surface area contributed by atoms with Crippen molar-refractivity contribution in [3.8, 4) is 11.1 Å². The summed E-state index contributed by atoms with van der Waals surface area (Å²) >= 11 is 2.89. The maximum absolute atomic E-state index is 13.9. The highest BCUT2D eigenvalue weighted by molar-refractivity contribution is 7.99. The number of hydrogen-bond donors (Lipinski definition) is 0. The highest BCUT2D eigenvalue weighted by Gasteiger charge is 2.10. The number of benzene rings is 2. The van der Waals surface area contributed by atoms with Crippen LogP contribution in [0.3, 0.4) is 0 Å². The first kappa shape index (κ1) is 12.5. The highest BCUT2D eigenvalue weighted by Crippen LogP contribution is 2.33. The topological polar surface area (TPSA) is 0 Å². The molecule has 0 bridgehead atoms. The summed E-state index contributed by atoms with van der Waals surface area (Å²) in [6, 6.07) is 13.9. The Bertz CT molecular complexity index is 484. The second kappa shape index (κ2) is 5.61. The molecule has 0 radical (unpaired) electrons. The van der Waals surface area contributed by atoms with E-state index in [1.807, 2.05) is 55.0 Å². The van der Waals surface area contributed by atoms with Gasteiger partial charge in [0.15, 0.2) is 0 Å². The van der Waals surface area contributed by atoms with Gasteiger partial charge in [0, 0.05) is 9.79 Å². The zero-order valence-corrected chi connectivity index (χ0v) is 11.4. The molecular weight excluding hydrogens is 251 g/mol. The largest absolute Gasteiger partial charge is 0.205 e. The maximum atomic E-state index is 13.9. The lowest BCUT2D eigenvalue weighted by atomic mass is 10.1. The average Bonchev–Trinajstić information content (AvgIpc) is 2.40. The van der Waals surface area contributed by atoms with E-state index >= 15 is 0 Å². The molecule has 17 heavy (non-hydrogen) atoms. The first-order valence-corrected chi connectivity index (χ1v) is 7.68. The van der Waals surface area contributed by atoms with E-state index in [4.69, 9.17) is 0 Å². The molecule has 0 spiro atoms. The molecule has 0 heterocycles. The zero-order valence-electron chi connectivity index (χ0n) is 9.74. The fourth-order valence-corrected chi connectivity index (χ4v) is 2.80. The van der Waals surface area contributed by atoms with E-state index in [0.29, 0.717) is 9.79 Å². The van der Waals surface area contributed by atoms with Gasteiger partial charge in [0.25, 0.3) is 0 Å². The summed E-state index contributed by atoms with van der Waals surface area (Å²) in [6.45, 7) is 0. The molecule has 2 rings (SSSR count). The molecule has 0 aromatic heterocycles. The molecule has 0 unspecified atom stereocenters. The van der Waals surface area contributed by atoms with Crippen LogP contribution >= 0.6 is 23.5 Å². The minimum Gasteiger partial charge on any atom is -0.205 e. The van der Waals surface area contributed by atoms with Crippen molar-refractivity contribution in [3.05, 3.63) is 48.3 Å². The summed E-state index contributed by atoms with van der Waals surface area (Å²) in [7, 11) is 0. The van der Waals surface area contributed by atoms with Crippen LogP contribution in [0.4, 0.5) is 4.39 Å². The van der Waals surface area contributed by atoms with Crippen LogP contribution in [0.5, 0.6) is 0 Å². The predicted molar refractivity (Wildman–Crippen MR) is 75.4 cm³/mol. The average molecular weight is 264 g/mol. The molecular formula is C14H13FS2. The maximum Gasteiger partial charge on any atom is 0.150 e. The quantitative estimate of drug-likeness (QED) is 0.720. The number of hydrogen-bond acceptors (Lipinski definition) is 2. The van der Waals surface area contributed by atoms with E-state index in [2.05, 4.69) is 0 Å². The highest BCUT2D eigenvalue weighted by atomic mass is 32.2. The summed E-state index contributed by atoms with van der Waals surface area (Å²) in [5.74, 6) is -0.107. The van der Waals surface area contributed by atoms with E-state index in [1.165, 1.54) is 23.5 Å². The van der Waals surface area contributed by atoms with Gasteiger partial charge in [-0.05, 0) is 35.8 Å². The minimum absolute atomic E-state index is 0.107. The first-order chi connectivity index (χ1) is 8.26. The summed E-state index contributed by atoms with van der Waals surface area (Å²) < 4.78 is 13.9. The third kappa shape index (κ3) is 2.67. The lowest BCUT2D eigenvalue weighted by molar-refractivity contribution is 0.576. The van der Waals surface area contributed by atoms with Gasteiger partial charge in [-0.2, -0.15) is 0 Å². The second-order valence-electron chi connectivity index (χ2n) is 3.56. The normalized spacial score (nSPS) is 10.5. The van der Waals surface area contributed by atoms with Crippen LogP contribution in [0.1, 0.15) is 0 Å². The van der Waals surface area contributed by atoms with Gasteiger partial charge in [0.05, 0.1) is 0 Å². The van der Waals surface area contributed by atoms with E-state index in [0.717, 1.165) is 11.1 Å². The summed E-state index contributed by atoms with van der Waals surface area (Å²) in [5, 5.41) is 0. The van der Waals surface area contributed by atoms with Crippen molar-refractivity contribution in [2.24, 2.45) is 0 Å². The lowest BCUT2D eigenvalue weighted by Crippen LogP contribution is -1.88. The van der Waals surface area contributed by atoms with Crippen LogP contribution in [0.15, 0.2) is 52.3 Å². The van der Waals surface area contributed by atoms with Crippen molar-refractivity contribution in [3.63, 3.8) is 0 Å². The van der Waals surface area contributed by atoms with Crippen LogP contribution in [0.2, 0.25) is 0 Å². The van der Waals surface area contributed by atoms with Crippen LogP contribution in [0.25, 0.3) is 11.1 Å². The molecule has 2 aromatic rings. The fraction of sp³-hybridized carbons (Fsp3) is 0.143. The summed E-state index contributed by atoms with van der Waals surface area (Å²) in [4.78, 5) is 1.41. The van der Waals surface area contributed by atoms with Crippen molar-refractivity contribution in [2.75, 3.05) is 12.5 Å². The molecule has 88 valence electrons. The molecule has 0 saturated carbocycles. The third-order valence-corrected chi connectivity index (χ3v) is 4.03. The van der Waals surface area contributed by atoms with Crippen LogP contribution in [-0.2, 0) is 0 Å². The molecule has 0 atom stereocenters. The van der Waals surface area contributed by atoms with Crippen LogP contribution < -0.4 is 0 Å². The smallest absolute Gasteiger partial charge is 0.150 e.